The molecule has 28 heavy (non-hydrogen) atoms. The second-order valence-electron chi connectivity index (χ2n) is 7.56. The van der Waals surface area contributed by atoms with Gasteiger partial charge in [0.15, 0.2) is 11.5 Å². The summed E-state index contributed by atoms with van der Waals surface area (Å²) in [6.07, 6.45) is 0.991. The van der Waals surface area contributed by atoms with Gasteiger partial charge in [0.05, 0.1) is 13.2 Å². The van der Waals surface area contributed by atoms with Crippen molar-refractivity contribution in [1.29, 1.82) is 0 Å². The van der Waals surface area contributed by atoms with Crippen LogP contribution in [-0.2, 0) is 6.42 Å². The van der Waals surface area contributed by atoms with Crippen LogP contribution in [0, 0.1) is 0 Å². The van der Waals surface area contributed by atoms with E-state index in [2.05, 4.69) is 64.8 Å². The third-order valence-electron chi connectivity index (χ3n) is 5.41. The van der Waals surface area contributed by atoms with Gasteiger partial charge in [-0.1, -0.05) is 42.5 Å². The average molecular weight is 377 g/mol. The standard InChI is InChI=1S/C24H28N2O2/c1-26(2)13-14-28-23-16-21-18(15-22(23)27-3)11-12-25-24(21)20-10-6-8-17-7-4-5-9-19(17)20/h4-10,15-16,24-25H,11-14H2,1-3H3. The molecule has 0 spiro atoms. The Balaban J connectivity index is 1.75. The van der Waals surface area contributed by atoms with Crippen molar-refractivity contribution in [1.82, 2.24) is 10.2 Å². The highest BCUT2D eigenvalue weighted by Crippen LogP contribution is 2.39. The number of ether oxygens (including phenoxy) is 2. The molecule has 0 amide bonds. The summed E-state index contributed by atoms with van der Waals surface area (Å²) in [5.74, 6) is 1.63. The first-order chi connectivity index (χ1) is 13.7. The molecule has 0 saturated carbocycles. The molecule has 4 nitrogen and oxygen atoms in total. The van der Waals surface area contributed by atoms with Gasteiger partial charge in [-0.05, 0) is 60.1 Å². The average Bonchev–Trinajstić information content (AvgIpc) is 2.72. The predicted octanol–water partition coefficient (Wildman–Crippen LogP) is 4.02. The van der Waals surface area contributed by atoms with E-state index >= 15 is 0 Å². The second-order valence-corrected chi connectivity index (χ2v) is 7.56. The monoisotopic (exact) mass is 376 g/mol. The van der Waals surface area contributed by atoms with Gasteiger partial charge in [0.2, 0.25) is 0 Å². The number of methoxy groups -OCH3 is 1. The summed E-state index contributed by atoms with van der Waals surface area (Å²) in [6, 6.07) is 19.6. The van der Waals surface area contributed by atoms with Gasteiger partial charge in [-0.25, -0.2) is 0 Å². The fourth-order valence-corrected chi connectivity index (χ4v) is 3.95. The van der Waals surface area contributed by atoms with Gasteiger partial charge in [-0.3, -0.25) is 0 Å². The third-order valence-corrected chi connectivity index (χ3v) is 5.41. The molecule has 4 heteroatoms. The van der Waals surface area contributed by atoms with E-state index in [0.29, 0.717) is 6.61 Å². The van der Waals surface area contributed by atoms with Crippen molar-refractivity contribution in [2.75, 3.05) is 40.9 Å². The van der Waals surface area contributed by atoms with E-state index in [9.17, 15) is 0 Å². The zero-order chi connectivity index (χ0) is 19.5. The van der Waals surface area contributed by atoms with Gasteiger partial charge in [0, 0.05) is 13.1 Å². The molecule has 1 N–H and O–H groups in total. The number of hydrogen-bond acceptors (Lipinski definition) is 4. The lowest BCUT2D eigenvalue weighted by molar-refractivity contribution is 0.250. The molecule has 4 rings (SSSR count). The van der Waals surface area contributed by atoms with Gasteiger partial charge < -0.3 is 19.7 Å². The van der Waals surface area contributed by atoms with Crippen LogP contribution < -0.4 is 14.8 Å². The van der Waals surface area contributed by atoms with E-state index < -0.39 is 0 Å². The number of nitrogens with zero attached hydrogens (tertiary/aromatic N) is 1. The highest BCUT2D eigenvalue weighted by molar-refractivity contribution is 5.86. The Labute approximate surface area is 167 Å². The van der Waals surface area contributed by atoms with Crippen LogP contribution in [-0.4, -0.2) is 45.8 Å². The molecular weight excluding hydrogens is 348 g/mol. The summed E-state index contributed by atoms with van der Waals surface area (Å²) in [7, 11) is 5.81. The molecule has 0 radical (unpaired) electrons. The van der Waals surface area contributed by atoms with Crippen LogP contribution in [0.15, 0.2) is 54.6 Å². The number of benzene rings is 3. The second kappa shape index (κ2) is 8.21. The van der Waals surface area contributed by atoms with E-state index in [1.165, 1.54) is 27.5 Å². The fraction of sp³-hybridized carbons (Fsp3) is 0.333. The molecule has 1 atom stereocenters. The normalized spacial score (nSPS) is 16.2. The van der Waals surface area contributed by atoms with Crippen LogP contribution in [0.3, 0.4) is 0 Å². The van der Waals surface area contributed by atoms with Crippen LogP contribution in [0.25, 0.3) is 10.8 Å². The minimum atomic E-state index is 0.150. The molecule has 0 fully saturated rings. The Kier molecular flexibility index (Phi) is 5.51. The maximum atomic E-state index is 6.08. The molecule has 1 heterocycles. The van der Waals surface area contributed by atoms with E-state index in [-0.39, 0.29) is 6.04 Å². The van der Waals surface area contributed by atoms with E-state index in [1.54, 1.807) is 7.11 Å². The fourth-order valence-electron chi connectivity index (χ4n) is 3.95. The lowest BCUT2D eigenvalue weighted by Gasteiger charge is -2.29. The Morgan fingerprint density at radius 3 is 2.64 bits per heavy atom. The van der Waals surface area contributed by atoms with Crippen molar-refractivity contribution >= 4 is 10.8 Å². The molecular formula is C24H28N2O2. The largest absolute Gasteiger partial charge is 0.493 e. The van der Waals surface area contributed by atoms with Crippen molar-refractivity contribution in [3.05, 3.63) is 71.3 Å². The predicted molar refractivity (Wildman–Crippen MR) is 115 cm³/mol. The summed E-state index contributed by atoms with van der Waals surface area (Å²) in [6.45, 7) is 2.45. The molecule has 1 aliphatic rings. The highest BCUT2D eigenvalue weighted by atomic mass is 16.5. The Morgan fingerprint density at radius 1 is 1.00 bits per heavy atom. The molecule has 0 bridgehead atoms. The molecule has 146 valence electrons. The topological polar surface area (TPSA) is 33.7 Å². The molecule has 1 unspecified atom stereocenters. The molecule has 1 aliphatic heterocycles. The lowest BCUT2D eigenvalue weighted by Crippen LogP contribution is -2.31. The number of nitrogens with one attached hydrogen (secondary N) is 1. The lowest BCUT2D eigenvalue weighted by atomic mass is 9.87. The SMILES string of the molecule is COc1cc2c(cc1OCCN(C)C)C(c1cccc3ccccc13)NCC2. The Bertz CT molecular complexity index is 963. The maximum absolute atomic E-state index is 6.08. The van der Waals surface area contributed by atoms with E-state index in [0.717, 1.165) is 31.0 Å². The van der Waals surface area contributed by atoms with Crippen molar-refractivity contribution in [2.45, 2.75) is 12.5 Å². The number of likely N-dealkylation sites (N-methyl/N-ethyl adjacent to an activating group) is 1. The molecule has 0 saturated heterocycles. The molecule has 3 aromatic carbocycles. The summed E-state index contributed by atoms with van der Waals surface area (Å²) in [5.41, 5.74) is 3.92. The van der Waals surface area contributed by atoms with Gasteiger partial charge in [0.25, 0.3) is 0 Å². The number of rotatable bonds is 6. The Morgan fingerprint density at radius 2 is 1.82 bits per heavy atom. The minimum absolute atomic E-state index is 0.150. The third kappa shape index (κ3) is 3.71. The zero-order valence-corrected chi connectivity index (χ0v) is 16.9. The van der Waals surface area contributed by atoms with Crippen molar-refractivity contribution in [3.8, 4) is 11.5 Å². The van der Waals surface area contributed by atoms with E-state index in [4.69, 9.17) is 9.47 Å². The van der Waals surface area contributed by atoms with Crippen molar-refractivity contribution in [3.63, 3.8) is 0 Å². The summed E-state index contributed by atoms with van der Waals surface area (Å²) in [5, 5.41) is 6.28. The van der Waals surface area contributed by atoms with Crippen LogP contribution in [0.1, 0.15) is 22.7 Å². The first-order valence-electron chi connectivity index (χ1n) is 9.87. The van der Waals surface area contributed by atoms with Gasteiger partial charge in [-0.2, -0.15) is 0 Å². The molecule has 0 aromatic heterocycles. The van der Waals surface area contributed by atoms with Gasteiger partial charge in [0.1, 0.15) is 6.61 Å². The van der Waals surface area contributed by atoms with E-state index in [1.807, 2.05) is 14.1 Å². The summed E-state index contributed by atoms with van der Waals surface area (Å²) < 4.78 is 11.7. The minimum Gasteiger partial charge on any atom is -0.493 e. The highest BCUT2D eigenvalue weighted by Gasteiger charge is 2.25. The van der Waals surface area contributed by atoms with Crippen LogP contribution in [0.5, 0.6) is 11.5 Å². The van der Waals surface area contributed by atoms with Crippen LogP contribution >= 0.6 is 0 Å². The van der Waals surface area contributed by atoms with Gasteiger partial charge >= 0.3 is 0 Å². The molecule has 0 aliphatic carbocycles. The smallest absolute Gasteiger partial charge is 0.161 e. The maximum Gasteiger partial charge on any atom is 0.161 e. The first kappa shape index (κ1) is 18.8. The summed E-state index contributed by atoms with van der Waals surface area (Å²) in [4.78, 5) is 2.12. The number of fused-ring (bicyclic) bond motifs is 2. The quantitative estimate of drug-likeness (QED) is 0.704. The van der Waals surface area contributed by atoms with Gasteiger partial charge in [-0.15, -0.1) is 0 Å². The van der Waals surface area contributed by atoms with Crippen molar-refractivity contribution < 1.29 is 9.47 Å². The van der Waals surface area contributed by atoms with Crippen LogP contribution in [0.4, 0.5) is 0 Å². The van der Waals surface area contributed by atoms with Crippen molar-refractivity contribution in [2.24, 2.45) is 0 Å². The van der Waals surface area contributed by atoms with Crippen LogP contribution in [0.2, 0.25) is 0 Å². The Hall–Kier alpha value is -2.56. The zero-order valence-electron chi connectivity index (χ0n) is 16.9. The molecule has 3 aromatic rings. The summed E-state index contributed by atoms with van der Waals surface area (Å²) >= 11 is 0. The first-order valence-corrected chi connectivity index (χ1v) is 9.87. The number of hydrogen-bond donors (Lipinski definition) is 1.